The molecule has 0 unspecified atom stereocenters. The maximum atomic E-state index is 10.9. The Kier molecular flexibility index (Phi) is 2.68. The molecular weight excluding hydrogens is 216 g/mol. The Morgan fingerprint density at radius 2 is 1.77 bits per heavy atom. The van der Waals surface area contributed by atoms with Gasteiger partial charge in [-0.25, -0.2) is 26.3 Å². The van der Waals surface area contributed by atoms with Gasteiger partial charge in [0.15, 0.2) is 0 Å². The second-order valence-electron chi connectivity index (χ2n) is 3.28. The van der Waals surface area contributed by atoms with Crippen LogP contribution in [0.3, 0.4) is 0 Å². The summed E-state index contributed by atoms with van der Waals surface area (Å²) >= 11 is 0. The Morgan fingerprint density at radius 3 is 2.08 bits per heavy atom. The van der Waals surface area contributed by atoms with Gasteiger partial charge in [-0.3, -0.25) is 0 Å². The lowest BCUT2D eigenvalue weighted by molar-refractivity contribution is 0.221. The van der Waals surface area contributed by atoms with Crippen LogP contribution in [0.15, 0.2) is 0 Å². The molecule has 1 fully saturated rings. The quantitative estimate of drug-likeness (QED) is 0.614. The second kappa shape index (κ2) is 3.19. The highest BCUT2D eigenvalue weighted by Crippen LogP contribution is 2.19. The SMILES string of the molecule is CS(=O)(=O)N1CC(CS(N)(=O)=O)C1. The molecule has 1 saturated heterocycles. The molecule has 1 aliphatic heterocycles. The molecule has 0 aliphatic carbocycles. The molecule has 0 aromatic rings. The van der Waals surface area contributed by atoms with E-state index in [1.807, 2.05) is 0 Å². The number of nitrogens with two attached hydrogens (primary N) is 1. The van der Waals surface area contributed by atoms with Crippen molar-refractivity contribution < 1.29 is 16.8 Å². The van der Waals surface area contributed by atoms with Gasteiger partial charge >= 0.3 is 0 Å². The first-order valence-corrected chi connectivity index (χ1v) is 7.20. The van der Waals surface area contributed by atoms with Crippen molar-refractivity contribution >= 4 is 20.0 Å². The molecule has 8 heteroatoms. The molecule has 0 atom stereocenters. The molecule has 6 nitrogen and oxygen atoms in total. The van der Waals surface area contributed by atoms with Gasteiger partial charge in [-0.2, -0.15) is 0 Å². The summed E-state index contributed by atoms with van der Waals surface area (Å²) in [6, 6.07) is 0. The summed E-state index contributed by atoms with van der Waals surface area (Å²) in [7, 11) is -6.63. The molecule has 0 radical (unpaired) electrons. The van der Waals surface area contributed by atoms with Crippen LogP contribution in [0.4, 0.5) is 0 Å². The first-order valence-electron chi connectivity index (χ1n) is 3.64. The van der Waals surface area contributed by atoms with Gasteiger partial charge in [0.2, 0.25) is 20.0 Å². The Bertz CT molecular complexity index is 379. The Labute approximate surface area is 77.8 Å². The standard InChI is InChI=1S/C5H12N2O4S2/c1-12(8,9)7-2-5(3-7)4-13(6,10)11/h5H,2-4H2,1H3,(H2,6,10,11). The van der Waals surface area contributed by atoms with Crippen LogP contribution in [0.2, 0.25) is 0 Å². The number of primary sulfonamides is 1. The summed E-state index contributed by atoms with van der Waals surface area (Å²) in [6.45, 7) is 0.518. The van der Waals surface area contributed by atoms with Crippen molar-refractivity contribution in [2.45, 2.75) is 0 Å². The average molecular weight is 228 g/mol. The van der Waals surface area contributed by atoms with Crippen molar-refractivity contribution in [3.63, 3.8) is 0 Å². The van der Waals surface area contributed by atoms with E-state index in [1.54, 1.807) is 0 Å². The fraction of sp³-hybridized carbons (Fsp3) is 1.00. The fourth-order valence-electron chi connectivity index (χ4n) is 1.23. The molecule has 1 rings (SSSR count). The Hall–Kier alpha value is -0.180. The molecule has 1 aliphatic rings. The van der Waals surface area contributed by atoms with Crippen LogP contribution in [-0.2, 0) is 20.0 Å². The highest BCUT2D eigenvalue weighted by atomic mass is 32.2. The van der Waals surface area contributed by atoms with E-state index >= 15 is 0 Å². The summed E-state index contributed by atoms with van der Waals surface area (Å²) in [5, 5.41) is 4.80. The highest BCUT2D eigenvalue weighted by Gasteiger charge is 2.34. The lowest BCUT2D eigenvalue weighted by Crippen LogP contribution is -2.52. The zero-order valence-electron chi connectivity index (χ0n) is 7.17. The van der Waals surface area contributed by atoms with E-state index in [9.17, 15) is 16.8 Å². The normalized spacial score (nSPS) is 21.4. The topological polar surface area (TPSA) is 97.5 Å². The van der Waals surface area contributed by atoms with E-state index < -0.39 is 20.0 Å². The van der Waals surface area contributed by atoms with Crippen LogP contribution in [0, 0.1) is 5.92 Å². The number of nitrogens with zero attached hydrogens (tertiary/aromatic N) is 1. The van der Waals surface area contributed by atoms with Gasteiger partial charge in [0.25, 0.3) is 0 Å². The lowest BCUT2D eigenvalue weighted by atomic mass is 10.1. The van der Waals surface area contributed by atoms with Crippen molar-refractivity contribution in [2.75, 3.05) is 25.1 Å². The van der Waals surface area contributed by atoms with E-state index in [2.05, 4.69) is 0 Å². The predicted molar refractivity (Wildman–Crippen MR) is 47.9 cm³/mol. The van der Waals surface area contributed by atoms with Crippen LogP contribution < -0.4 is 5.14 Å². The third-order valence-electron chi connectivity index (χ3n) is 1.86. The molecule has 0 bridgehead atoms. The molecule has 2 N–H and O–H groups in total. The van der Waals surface area contributed by atoms with E-state index in [-0.39, 0.29) is 24.8 Å². The predicted octanol–water partition coefficient (Wildman–Crippen LogP) is -1.83. The first kappa shape index (κ1) is 10.9. The van der Waals surface area contributed by atoms with Crippen LogP contribution in [-0.4, -0.2) is 46.2 Å². The number of sulfonamides is 2. The van der Waals surface area contributed by atoms with Gasteiger partial charge in [0, 0.05) is 19.0 Å². The minimum Gasteiger partial charge on any atom is -0.229 e. The molecule has 1 heterocycles. The monoisotopic (exact) mass is 228 g/mol. The Balaban J connectivity index is 2.44. The second-order valence-corrected chi connectivity index (χ2v) is 6.92. The van der Waals surface area contributed by atoms with Crippen LogP contribution in [0.1, 0.15) is 0 Å². The first-order chi connectivity index (χ1) is 5.68. The minimum atomic E-state index is -3.47. The van der Waals surface area contributed by atoms with Crippen LogP contribution in [0.5, 0.6) is 0 Å². The number of hydrogen-bond acceptors (Lipinski definition) is 4. The number of hydrogen-bond donors (Lipinski definition) is 1. The number of rotatable bonds is 3. The third kappa shape index (κ3) is 3.22. The van der Waals surface area contributed by atoms with Gasteiger partial charge in [-0.05, 0) is 0 Å². The van der Waals surface area contributed by atoms with Gasteiger partial charge in [-0.1, -0.05) is 0 Å². The zero-order valence-corrected chi connectivity index (χ0v) is 8.81. The molecule has 0 spiro atoms. The van der Waals surface area contributed by atoms with Crippen molar-refractivity contribution in [2.24, 2.45) is 11.1 Å². The van der Waals surface area contributed by atoms with Gasteiger partial charge in [-0.15, -0.1) is 0 Å². The molecule has 13 heavy (non-hydrogen) atoms. The summed E-state index contributed by atoms with van der Waals surface area (Å²) < 4.78 is 44.2. The van der Waals surface area contributed by atoms with Crippen molar-refractivity contribution in [1.29, 1.82) is 0 Å². The minimum absolute atomic E-state index is 0.140. The Morgan fingerprint density at radius 1 is 1.31 bits per heavy atom. The molecule has 0 saturated carbocycles. The molecule has 78 valence electrons. The molecule has 0 amide bonds. The average Bonchev–Trinajstić information content (AvgIpc) is 1.71. The maximum Gasteiger partial charge on any atom is 0.211 e. The van der Waals surface area contributed by atoms with E-state index in [0.717, 1.165) is 6.26 Å². The fourth-order valence-corrected chi connectivity index (χ4v) is 3.06. The van der Waals surface area contributed by atoms with Gasteiger partial charge in [0.05, 0.1) is 12.0 Å². The summed E-state index contributed by atoms with van der Waals surface area (Å²) in [4.78, 5) is 0. The summed E-state index contributed by atoms with van der Waals surface area (Å²) in [5.41, 5.74) is 0. The lowest BCUT2D eigenvalue weighted by Gasteiger charge is -2.36. The van der Waals surface area contributed by atoms with Crippen molar-refractivity contribution in [1.82, 2.24) is 4.31 Å². The van der Waals surface area contributed by atoms with Crippen LogP contribution >= 0.6 is 0 Å². The van der Waals surface area contributed by atoms with E-state index in [4.69, 9.17) is 5.14 Å². The largest absolute Gasteiger partial charge is 0.229 e. The van der Waals surface area contributed by atoms with Crippen LogP contribution in [0.25, 0.3) is 0 Å². The van der Waals surface area contributed by atoms with Gasteiger partial charge < -0.3 is 0 Å². The molecule has 0 aromatic carbocycles. The van der Waals surface area contributed by atoms with Crippen molar-refractivity contribution in [3.8, 4) is 0 Å². The third-order valence-corrected chi connectivity index (χ3v) is 4.03. The van der Waals surface area contributed by atoms with E-state index in [1.165, 1.54) is 4.31 Å². The molecule has 0 aromatic heterocycles. The van der Waals surface area contributed by atoms with Gasteiger partial charge in [0.1, 0.15) is 0 Å². The summed E-state index contributed by atoms with van der Waals surface area (Å²) in [5.74, 6) is -0.288. The zero-order chi connectivity index (χ0) is 10.3. The summed E-state index contributed by atoms with van der Waals surface area (Å²) in [6.07, 6.45) is 1.10. The highest BCUT2D eigenvalue weighted by molar-refractivity contribution is 7.89. The van der Waals surface area contributed by atoms with Crippen molar-refractivity contribution in [3.05, 3.63) is 0 Å². The smallest absolute Gasteiger partial charge is 0.211 e. The maximum absolute atomic E-state index is 10.9. The van der Waals surface area contributed by atoms with E-state index in [0.29, 0.717) is 0 Å². The molecular formula is C5H12N2O4S2.